The van der Waals surface area contributed by atoms with Gasteiger partial charge in [-0.15, -0.1) is 5.10 Å². The van der Waals surface area contributed by atoms with Gasteiger partial charge in [-0.25, -0.2) is 0 Å². The van der Waals surface area contributed by atoms with Gasteiger partial charge < -0.3 is 10.6 Å². The van der Waals surface area contributed by atoms with Crippen molar-refractivity contribution in [3.63, 3.8) is 0 Å². The standard InChI is InChI=1S/C16H12Cl3N5/c1-9-2-3-12(7-14(9)19)21-15-8-20-24-16(23-15)22-13-5-10(17)4-11(18)6-13/h2-8H,1H3,(H2,21,22,23,24). The summed E-state index contributed by atoms with van der Waals surface area (Å²) in [4.78, 5) is 4.35. The van der Waals surface area contributed by atoms with E-state index in [4.69, 9.17) is 34.8 Å². The fourth-order valence-electron chi connectivity index (χ4n) is 1.99. The Kier molecular flexibility index (Phi) is 5.04. The lowest BCUT2D eigenvalue weighted by atomic mass is 10.2. The van der Waals surface area contributed by atoms with Crippen molar-refractivity contribution in [1.29, 1.82) is 0 Å². The molecule has 24 heavy (non-hydrogen) atoms. The number of rotatable bonds is 4. The average Bonchev–Trinajstić information content (AvgIpc) is 2.50. The highest BCUT2D eigenvalue weighted by Gasteiger charge is 2.05. The maximum atomic E-state index is 6.12. The zero-order valence-electron chi connectivity index (χ0n) is 12.5. The molecule has 0 saturated carbocycles. The van der Waals surface area contributed by atoms with Crippen molar-refractivity contribution in [3.8, 4) is 0 Å². The Bertz CT molecular complexity index is 865. The molecule has 0 aliphatic heterocycles. The Labute approximate surface area is 154 Å². The van der Waals surface area contributed by atoms with Gasteiger partial charge in [0.05, 0.1) is 6.20 Å². The summed E-state index contributed by atoms with van der Waals surface area (Å²) in [6, 6.07) is 10.7. The third kappa shape index (κ3) is 4.26. The van der Waals surface area contributed by atoms with Crippen LogP contribution in [-0.2, 0) is 0 Å². The van der Waals surface area contributed by atoms with Gasteiger partial charge in [-0.05, 0) is 42.8 Å². The second-order valence-corrected chi connectivity index (χ2v) is 6.32. The predicted octanol–water partition coefficient (Wildman–Crippen LogP) is 5.63. The van der Waals surface area contributed by atoms with Crippen molar-refractivity contribution >= 4 is 57.9 Å². The van der Waals surface area contributed by atoms with Gasteiger partial charge in [0.15, 0.2) is 5.82 Å². The van der Waals surface area contributed by atoms with Crippen LogP contribution in [0.4, 0.5) is 23.1 Å². The minimum atomic E-state index is 0.316. The van der Waals surface area contributed by atoms with E-state index >= 15 is 0 Å². The van der Waals surface area contributed by atoms with Gasteiger partial charge in [-0.3, -0.25) is 0 Å². The molecule has 3 rings (SSSR count). The predicted molar refractivity (Wildman–Crippen MR) is 99.0 cm³/mol. The largest absolute Gasteiger partial charge is 0.339 e. The van der Waals surface area contributed by atoms with Crippen LogP contribution < -0.4 is 10.6 Å². The fourth-order valence-corrected chi connectivity index (χ4v) is 2.70. The molecule has 0 spiro atoms. The van der Waals surface area contributed by atoms with Gasteiger partial charge in [-0.2, -0.15) is 10.1 Å². The van der Waals surface area contributed by atoms with E-state index in [1.54, 1.807) is 18.2 Å². The van der Waals surface area contributed by atoms with Crippen LogP contribution in [0.5, 0.6) is 0 Å². The number of halogens is 3. The Morgan fingerprint density at radius 3 is 2.33 bits per heavy atom. The second kappa shape index (κ2) is 7.21. The first-order chi connectivity index (χ1) is 11.5. The fraction of sp³-hybridized carbons (Fsp3) is 0.0625. The van der Waals surface area contributed by atoms with Gasteiger partial charge in [0.1, 0.15) is 0 Å². The number of nitrogens with zero attached hydrogens (tertiary/aromatic N) is 3. The summed E-state index contributed by atoms with van der Waals surface area (Å²) in [6.45, 7) is 1.94. The highest BCUT2D eigenvalue weighted by Crippen LogP contribution is 2.25. The molecule has 0 saturated heterocycles. The van der Waals surface area contributed by atoms with Gasteiger partial charge in [-0.1, -0.05) is 40.9 Å². The maximum Gasteiger partial charge on any atom is 0.249 e. The van der Waals surface area contributed by atoms with Crippen molar-refractivity contribution in [2.45, 2.75) is 6.92 Å². The van der Waals surface area contributed by atoms with Crippen LogP contribution in [-0.4, -0.2) is 15.2 Å². The summed E-state index contributed by atoms with van der Waals surface area (Å²) in [7, 11) is 0. The van der Waals surface area contributed by atoms with E-state index in [-0.39, 0.29) is 0 Å². The third-order valence-corrected chi connectivity index (χ3v) is 3.97. The second-order valence-electron chi connectivity index (χ2n) is 5.04. The summed E-state index contributed by atoms with van der Waals surface area (Å²) in [5, 5.41) is 15.7. The van der Waals surface area contributed by atoms with E-state index in [0.717, 1.165) is 11.3 Å². The lowest BCUT2D eigenvalue weighted by Crippen LogP contribution is -2.02. The first-order valence-electron chi connectivity index (χ1n) is 6.95. The average molecular weight is 381 g/mol. The van der Waals surface area contributed by atoms with E-state index in [2.05, 4.69) is 25.8 Å². The van der Waals surface area contributed by atoms with E-state index in [0.29, 0.717) is 32.5 Å². The van der Waals surface area contributed by atoms with Crippen LogP contribution >= 0.6 is 34.8 Å². The minimum Gasteiger partial charge on any atom is -0.339 e. The molecule has 0 fully saturated rings. The Morgan fingerprint density at radius 2 is 1.62 bits per heavy atom. The number of benzene rings is 2. The summed E-state index contributed by atoms with van der Waals surface area (Å²) < 4.78 is 0. The van der Waals surface area contributed by atoms with Crippen molar-refractivity contribution in [2.24, 2.45) is 0 Å². The molecule has 8 heteroatoms. The lowest BCUT2D eigenvalue weighted by molar-refractivity contribution is 0.982. The summed E-state index contributed by atoms with van der Waals surface area (Å²) >= 11 is 18.1. The zero-order chi connectivity index (χ0) is 17.1. The highest BCUT2D eigenvalue weighted by atomic mass is 35.5. The molecule has 1 aromatic heterocycles. The number of aryl methyl sites for hydroxylation is 1. The minimum absolute atomic E-state index is 0.316. The SMILES string of the molecule is Cc1ccc(Nc2cnnc(Nc3cc(Cl)cc(Cl)c3)n2)cc1Cl. The van der Waals surface area contributed by atoms with Crippen LogP contribution in [0.2, 0.25) is 15.1 Å². The van der Waals surface area contributed by atoms with Gasteiger partial charge in [0, 0.05) is 26.4 Å². The molecule has 122 valence electrons. The molecule has 2 aromatic carbocycles. The number of hydrogen-bond acceptors (Lipinski definition) is 5. The van der Waals surface area contributed by atoms with Crippen LogP contribution in [0.1, 0.15) is 5.56 Å². The Balaban J connectivity index is 1.79. The third-order valence-electron chi connectivity index (χ3n) is 3.12. The summed E-state index contributed by atoms with van der Waals surface area (Å²) in [6.07, 6.45) is 1.52. The molecule has 0 unspecified atom stereocenters. The quantitative estimate of drug-likeness (QED) is 0.614. The molecule has 0 aliphatic rings. The van der Waals surface area contributed by atoms with Gasteiger partial charge in [0.2, 0.25) is 5.95 Å². The molecule has 2 N–H and O–H groups in total. The molecule has 0 amide bonds. The van der Waals surface area contributed by atoms with E-state index < -0.39 is 0 Å². The normalized spacial score (nSPS) is 10.5. The first-order valence-corrected chi connectivity index (χ1v) is 8.09. The van der Waals surface area contributed by atoms with E-state index in [1.807, 2.05) is 25.1 Å². The van der Waals surface area contributed by atoms with E-state index in [9.17, 15) is 0 Å². The molecule has 1 heterocycles. The molecule has 3 aromatic rings. The van der Waals surface area contributed by atoms with Gasteiger partial charge in [0.25, 0.3) is 0 Å². The molecule has 0 aliphatic carbocycles. The molecule has 0 radical (unpaired) electrons. The maximum absolute atomic E-state index is 6.12. The van der Waals surface area contributed by atoms with Gasteiger partial charge >= 0.3 is 0 Å². The number of aromatic nitrogens is 3. The molecule has 0 atom stereocenters. The van der Waals surface area contributed by atoms with Crippen molar-refractivity contribution < 1.29 is 0 Å². The number of anilines is 4. The Morgan fingerprint density at radius 1 is 0.875 bits per heavy atom. The van der Waals surface area contributed by atoms with Crippen molar-refractivity contribution in [3.05, 3.63) is 63.2 Å². The highest BCUT2D eigenvalue weighted by molar-refractivity contribution is 6.35. The topological polar surface area (TPSA) is 62.7 Å². The number of hydrogen-bond donors (Lipinski definition) is 2. The van der Waals surface area contributed by atoms with Crippen molar-refractivity contribution in [1.82, 2.24) is 15.2 Å². The van der Waals surface area contributed by atoms with Crippen LogP contribution in [0.3, 0.4) is 0 Å². The Hall–Kier alpha value is -2.08. The molecular formula is C16H12Cl3N5. The molecule has 0 bridgehead atoms. The van der Waals surface area contributed by atoms with Crippen LogP contribution in [0.25, 0.3) is 0 Å². The zero-order valence-corrected chi connectivity index (χ0v) is 14.8. The number of nitrogens with one attached hydrogen (secondary N) is 2. The lowest BCUT2D eigenvalue weighted by Gasteiger charge is -2.09. The smallest absolute Gasteiger partial charge is 0.249 e. The van der Waals surface area contributed by atoms with Crippen molar-refractivity contribution in [2.75, 3.05) is 10.6 Å². The first kappa shape index (κ1) is 16.8. The monoisotopic (exact) mass is 379 g/mol. The van der Waals surface area contributed by atoms with Crippen LogP contribution in [0, 0.1) is 6.92 Å². The van der Waals surface area contributed by atoms with Crippen LogP contribution in [0.15, 0.2) is 42.6 Å². The molecule has 5 nitrogen and oxygen atoms in total. The summed E-state index contributed by atoms with van der Waals surface area (Å²) in [5.41, 5.74) is 2.48. The summed E-state index contributed by atoms with van der Waals surface area (Å²) in [5.74, 6) is 0.845. The molecular weight excluding hydrogens is 369 g/mol. The van der Waals surface area contributed by atoms with E-state index in [1.165, 1.54) is 6.20 Å².